The minimum Gasteiger partial charge on any atom is -0.396 e. The zero-order valence-electron chi connectivity index (χ0n) is 12.7. The molecule has 21 heavy (non-hydrogen) atoms. The lowest BCUT2D eigenvalue weighted by molar-refractivity contribution is 0.289. The van der Waals surface area contributed by atoms with Gasteiger partial charge in [-0.05, 0) is 29.9 Å². The van der Waals surface area contributed by atoms with E-state index < -0.39 is 20.7 Å². The highest BCUT2D eigenvalue weighted by molar-refractivity contribution is 7.89. The van der Waals surface area contributed by atoms with Crippen LogP contribution in [0.15, 0.2) is 17.0 Å². The molecule has 4 nitrogen and oxygen atoms in total. The third kappa shape index (κ3) is 4.56. The Bertz CT molecular complexity index is 595. The Hall–Kier alpha value is -0.850. The van der Waals surface area contributed by atoms with Crippen molar-refractivity contribution in [3.8, 4) is 0 Å². The minimum atomic E-state index is -3.99. The van der Waals surface area contributed by atoms with Crippen molar-refractivity contribution in [2.75, 3.05) is 12.3 Å². The Morgan fingerprint density at radius 3 is 2.24 bits per heavy atom. The Morgan fingerprint density at radius 1 is 1.24 bits per heavy atom. The van der Waals surface area contributed by atoms with Gasteiger partial charge in [0.15, 0.2) is 5.82 Å². The maximum Gasteiger partial charge on any atom is 0.243 e. The van der Waals surface area contributed by atoms with Gasteiger partial charge in [-0.2, -0.15) is 0 Å². The summed E-state index contributed by atoms with van der Waals surface area (Å²) in [6.45, 7) is 8.34. The molecule has 1 aromatic rings. The quantitative estimate of drug-likeness (QED) is 0.783. The number of nitrogen functional groups attached to an aromatic ring is 1. The number of nitrogens with one attached hydrogen (secondary N) is 1. The average molecular weight is 337 g/mol. The van der Waals surface area contributed by atoms with Gasteiger partial charge in [0.2, 0.25) is 10.0 Å². The van der Waals surface area contributed by atoms with E-state index in [-0.39, 0.29) is 23.2 Å². The van der Waals surface area contributed by atoms with E-state index in [9.17, 15) is 12.8 Å². The van der Waals surface area contributed by atoms with Crippen molar-refractivity contribution in [3.63, 3.8) is 0 Å². The molecule has 0 fully saturated rings. The second-order valence-corrected chi connectivity index (χ2v) is 7.98. The van der Waals surface area contributed by atoms with Crippen LogP contribution in [-0.4, -0.2) is 15.0 Å². The number of nitrogens with two attached hydrogens (primary N) is 1. The third-order valence-electron chi connectivity index (χ3n) is 3.54. The zero-order valence-corrected chi connectivity index (χ0v) is 14.2. The first-order chi connectivity index (χ1) is 9.56. The van der Waals surface area contributed by atoms with E-state index in [2.05, 4.69) is 4.72 Å². The monoisotopic (exact) mass is 336 g/mol. The summed E-state index contributed by atoms with van der Waals surface area (Å²) in [5.74, 6) is -0.208. The van der Waals surface area contributed by atoms with Crippen LogP contribution < -0.4 is 10.5 Å². The van der Waals surface area contributed by atoms with Crippen LogP contribution in [0.25, 0.3) is 0 Å². The van der Waals surface area contributed by atoms with Crippen LogP contribution in [0.4, 0.5) is 10.1 Å². The maximum absolute atomic E-state index is 13.9. The van der Waals surface area contributed by atoms with Crippen molar-refractivity contribution in [2.24, 2.45) is 17.8 Å². The Balaban J connectivity index is 3.03. The van der Waals surface area contributed by atoms with Gasteiger partial charge in [-0.25, -0.2) is 17.5 Å². The van der Waals surface area contributed by atoms with E-state index >= 15 is 0 Å². The Kier molecular flexibility index (Phi) is 6.01. The van der Waals surface area contributed by atoms with Crippen molar-refractivity contribution >= 4 is 27.3 Å². The predicted molar refractivity (Wildman–Crippen MR) is 84.2 cm³/mol. The van der Waals surface area contributed by atoms with E-state index in [1.807, 2.05) is 27.7 Å². The molecular weight excluding hydrogens is 315 g/mol. The van der Waals surface area contributed by atoms with E-state index in [1.165, 1.54) is 6.07 Å². The van der Waals surface area contributed by atoms with Gasteiger partial charge in [-0.3, -0.25) is 0 Å². The molecule has 0 heterocycles. The molecule has 0 saturated carbocycles. The molecule has 0 amide bonds. The Labute approximate surface area is 130 Å². The first kappa shape index (κ1) is 18.2. The minimum absolute atomic E-state index is 0.0820. The highest BCUT2D eigenvalue weighted by Crippen LogP contribution is 2.26. The van der Waals surface area contributed by atoms with Crippen molar-refractivity contribution in [1.29, 1.82) is 0 Å². The summed E-state index contributed by atoms with van der Waals surface area (Å²) in [5, 5.41) is 0.0820. The molecule has 0 saturated heterocycles. The van der Waals surface area contributed by atoms with Gasteiger partial charge in [0, 0.05) is 11.6 Å². The normalized spacial score (nSPS) is 12.6. The second kappa shape index (κ2) is 6.94. The van der Waals surface area contributed by atoms with Gasteiger partial charge < -0.3 is 5.73 Å². The first-order valence-corrected chi connectivity index (χ1v) is 8.66. The molecule has 3 N–H and O–H groups in total. The van der Waals surface area contributed by atoms with Crippen LogP contribution in [0.1, 0.15) is 27.7 Å². The fourth-order valence-electron chi connectivity index (χ4n) is 2.30. The molecular formula is C14H22ClFN2O2S. The van der Waals surface area contributed by atoms with Crippen molar-refractivity contribution in [1.82, 2.24) is 4.72 Å². The number of hydrogen-bond donors (Lipinski definition) is 2. The van der Waals surface area contributed by atoms with Crippen LogP contribution >= 0.6 is 11.6 Å². The van der Waals surface area contributed by atoms with Crippen LogP contribution in [-0.2, 0) is 10.0 Å². The van der Waals surface area contributed by atoms with Gasteiger partial charge in [0.25, 0.3) is 0 Å². The van der Waals surface area contributed by atoms with Crippen LogP contribution in [0, 0.1) is 23.6 Å². The summed E-state index contributed by atoms with van der Waals surface area (Å²) in [5.41, 5.74) is 5.13. The summed E-state index contributed by atoms with van der Waals surface area (Å²) in [7, 11) is -3.99. The summed E-state index contributed by atoms with van der Waals surface area (Å²) in [4.78, 5) is -0.515. The molecule has 0 radical (unpaired) electrons. The largest absolute Gasteiger partial charge is 0.396 e. The SMILES string of the molecule is CC(C)C(CNS(=O)(=O)c1cc(Cl)cc(N)c1F)C(C)C. The number of hydrogen-bond acceptors (Lipinski definition) is 3. The van der Waals surface area contributed by atoms with E-state index in [0.29, 0.717) is 11.8 Å². The first-order valence-electron chi connectivity index (χ1n) is 6.80. The standard InChI is InChI=1S/C14H22ClFN2O2S/c1-8(2)11(9(3)4)7-18-21(19,20)13-6-10(15)5-12(17)14(13)16/h5-6,8-9,11,18H,7,17H2,1-4H3. The molecule has 0 bridgehead atoms. The number of anilines is 1. The number of benzene rings is 1. The maximum atomic E-state index is 13.9. The summed E-state index contributed by atoms with van der Waals surface area (Å²) < 4.78 is 40.9. The number of rotatable bonds is 6. The van der Waals surface area contributed by atoms with E-state index in [4.69, 9.17) is 17.3 Å². The molecule has 7 heteroatoms. The zero-order chi connectivity index (χ0) is 16.4. The average Bonchev–Trinajstić information content (AvgIpc) is 2.32. The molecule has 0 atom stereocenters. The Morgan fingerprint density at radius 2 is 1.76 bits per heavy atom. The number of sulfonamides is 1. The second-order valence-electron chi connectivity index (χ2n) is 5.81. The van der Waals surface area contributed by atoms with Gasteiger partial charge in [0.1, 0.15) is 4.90 Å². The smallest absolute Gasteiger partial charge is 0.243 e. The van der Waals surface area contributed by atoms with Gasteiger partial charge in [0.05, 0.1) is 5.69 Å². The van der Waals surface area contributed by atoms with Crippen molar-refractivity contribution < 1.29 is 12.8 Å². The van der Waals surface area contributed by atoms with E-state index in [0.717, 1.165) is 6.07 Å². The molecule has 1 rings (SSSR count). The number of halogens is 2. The lowest BCUT2D eigenvalue weighted by Crippen LogP contribution is -2.34. The lowest BCUT2D eigenvalue weighted by atomic mass is 9.86. The van der Waals surface area contributed by atoms with Gasteiger partial charge in [-0.15, -0.1) is 0 Å². The predicted octanol–water partition coefficient (Wildman–Crippen LogP) is 3.27. The van der Waals surface area contributed by atoms with Crippen molar-refractivity contribution in [3.05, 3.63) is 23.0 Å². The van der Waals surface area contributed by atoms with Crippen molar-refractivity contribution in [2.45, 2.75) is 32.6 Å². The molecule has 0 unspecified atom stereocenters. The lowest BCUT2D eigenvalue weighted by Gasteiger charge is -2.25. The molecule has 1 aromatic carbocycles. The molecule has 0 spiro atoms. The van der Waals surface area contributed by atoms with Crippen LogP contribution in [0.5, 0.6) is 0 Å². The van der Waals surface area contributed by atoms with Crippen LogP contribution in [0.2, 0.25) is 5.02 Å². The highest BCUT2D eigenvalue weighted by Gasteiger charge is 2.25. The highest BCUT2D eigenvalue weighted by atomic mass is 35.5. The molecule has 0 aliphatic carbocycles. The summed E-state index contributed by atoms with van der Waals surface area (Å²) in [6, 6.07) is 2.25. The molecule has 0 aliphatic rings. The van der Waals surface area contributed by atoms with Crippen LogP contribution in [0.3, 0.4) is 0 Å². The fraction of sp³-hybridized carbons (Fsp3) is 0.571. The topological polar surface area (TPSA) is 72.2 Å². The van der Waals surface area contributed by atoms with Gasteiger partial charge >= 0.3 is 0 Å². The molecule has 0 aliphatic heterocycles. The summed E-state index contributed by atoms with van der Waals surface area (Å²) in [6.07, 6.45) is 0. The van der Waals surface area contributed by atoms with Gasteiger partial charge in [-0.1, -0.05) is 39.3 Å². The molecule has 0 aromatic heterocycles. The fourth-order valence-corrected chi connectivity index (χ4v) is 3.80. The summed E-state index contributed by atoms with van der Waals surface area (Å²) >= 11 is 5.75. The molecule has 120 valence electrons. The van der Waals surface area contributed by atoms with E-state index in [1.54, 1.807) is 0 Å². The third-order valence-corrected chi connectivity index (χ3v) is 5.18.